The zero-order valence-electron chi connectivity index (χ0n) is 12.3. The molecule has 21 heavy (non-hydrogen) atoms. The second-order valence-corrected chi connectivity index (χ2v) is 6.45. The molecular formula is C14H21N3O2S2. The molecule has 0 radical (unpaired) electrons. The van der Waals surface area contributed by atoms with Crippen LogP contribution in [0.2, 0.25) is 0 Å². The fraction of sp³-hybridized carbons (Fsp3) is 0.571. The fourth-order valence-corrected chi connectivity index (χ4v) is 3.42. The summed E-state index contributed by atoms with van der Waals surface area (Å²) < 4.78 is 5.50. The Balaban J connectivity index is 1.76. The third kappa shape index (κ3) is 4.39. The molecule has 1 aliphatic rings. The van der Waals surface area contributed by atoms with E-state index < -0.39 is 0 Å². The molecule has 1 saturated heterocycles. The van der Waals surface area contributed by atoms with Gasteiger partial charge in [-0.05, 0) is 44.0 Å². The number of hydrogen-bond donors (Lipinski definition) is 3. The molecule has 3 N–H and O–H groups in total. The van der Waals surface area contributed by atoms with E-state index in [0.29, 0.717) is 11.7 Å². The minimum Gasteiger partial charge on any atom is -0.376 e. The molecule has 1 aromatic heterocycles. The summed E-state index contributed by atoms with van der Waals surface area (Å²) in [6.45, 7) is 5.56. The quantitative estimate of drug-likeness (QED) is 0.582. The fourth-order valence-electron chi connectivity index (χ4n) is 2.35. The van der Waals surface area contributed by atoms with Gasteiger partial charge in [0.05, 0.1) is 11.7 Å². The van der Waals surface area contributed by atoms with Crippen LogP contribution in [0, 0.1) is 6.92 Å². The van der Waals surface area contributed by atoms with Gasteiger partial charge in [-0.2, -0.15) is 0 Å². The van der Waals surface area contributed by atoms with E-state index in [1.54, 1.807) is 11.3 Å². The molecule has 2 heterocycles. The lowest BCUT2D eigenvalue weighted by molar-refractivity contribution is 0.0942. The van der Waals surface area contributed by atoms with Gasteiger partial charge in [-0.3, -0.25) is 15.6 Å². The van der Waals surface area contributed by atoms with Crippen LogP contribution in [-0.4, -0.2) is 30.3 Å². The normalized spacial score (nSPS) is 17.5. The molecule has 0 unspecified atom stereocenters. The average molecular weight is 327 g/mol. The number of hydrogen-bond acceptors (Lipinski definition) is 4. The number of carbonyl (C=O) groups excluding carboxylic acids is 1. The molecule has 2 rings (SSSR count). The predicted octanol–water partition coefficient (Wildman–Crippen LogP) is 1.91. The Morgan fingerprint density at radius 3 is 3.00 bits per heavy atom. The Labute approximate surface area is 134 Å². The molecule has 0 spiro atoms. The molecule has 1 amide bonds. The molecule has 0 saturated carbocycles. The highest BCUT2D eigenvalue weighted by Gasteiger charge is 2.16. The minimum atomic E-state index is -0.155. The molecule has 7 heteroatoms. The van der Waals surface area contributed by atoms with Gasteiger partial charge in [0.25, 0.3) is 5.91 Å². The monoisotopic (exact) mass is 327 g/mol. The van der Waals surface area contributed by atoms with E-state index >= 15 is 0 Å². The van der Waals surface area contributed by atoms with Gasteiger partial charge < -0.3 is 10.1 Å². The maximum Gasteiger partial charge on any atom is 0.270 e. The van der Waals surface area contributed by atoms with Crippen molar-refractivity contribution in [3.63, 3.8) is 0 Å². The maximum absolute atomic E-state index is 12.1. The number of thiocarbonyl (C=S) groups is 1. The van der Waals surface area contributed by atoms with Crippen LogP contribution in [0.5, 0.6) is 0 Å². The lowest BCUT2D eigenvalue weighted by Gasteiger charge is -2.14. The van der Waals surface area contributed by atoms with Crippen molar-refractivity contribution in [3.05, 3.63) is 21.4 Å². The molecular weight excluding hydrogens is 306 g/mol. The molecule has 5 nitrogen and oxygen atoms in total. The second-order valence-electron chi connectivity index (χ2n) is 4.96. The van der Waals surface area contributed by atoms with Gasteiger partial charge in [0.15, 0.2) is 5.11 Å². The first-order valence-electron chi connectivity index (χ1n) is 7.14. The van der Waals surface area contributed by atoms with Crippen molar-refractivity contribution in [2.24, 2.45) is 0 Å². The molecule has 0 aromatic carbocycles. The van der Waals surface area contributed by atoms with Gasteiger partial charge >= 0.3 is 0 Å². The number of rotatable bonds is 4. The number of amides is 1. The molecule has 116 valence electrons. The summed E-state index contributed by atoms with van der Waals surface area (Å²) in [7, 11) is 0. The summed E-state index contributed by atoms with van der Waals surface area (Å²) in [4.78, 5) is 13.3. The van der Waals surface area contributed by atoms with Crippen molar-refractivity contribution in [1.29, 1.82) is 0 Å². The van der Waals surface area contributed by atoms with Crippen LogP contribution in [0.4, 0.5) is 0 Å². The van der Waals surface area contributed by atoms with Gasteiger partial charge in [-0.1, -0.05) is 6.92 Å². The number of nitrogens with one attached hydrogen (secondary N) is 3. The summed E-state index contributed by atoms with van der Waals surface area (Å²) in [6, 6.07) is 0. The first-order valence-corrected chi connectivity index (χ1v) is 8.43. The van der Waals surface area contributed by atoms with Crippen LogP contribution in [0.25, 0.3) is 0 Å². The molecule has 1 aliphatic heterocycles. The summed E-state index contributed by atoms with van der Waals surface area (Å²) in [6.07, 6.45) is 3.21. The Kier molecular flexibility index (Phi) is 5.96. The van der Waals surface area contributed by atoms with Gasteiger partial charge in [-0.25, -0.2) is 0 Å². The third-order valence-corrected chi connectivity index (χ3v) is 4.71. The van der Waals surface area contributed by atoms with Crippen LogP contribution < -0.4 is 16.2 Å². The lowest BCUT2D eigenvalue weighted by Crippen LogP contribution is -2.48. The van der Waals surface area contributed by atoms with Gasteiger partial charge in [0.1, 0.15) is 0 Å². The van der Waals surface area contributed by atoms with Gasteiger partial charge in [0, 0.05) is 23.4 Å². The van der Waals surface area contributed by atoms with Gasteiger partial charge in [0.2, 0.25) is 0 Å². The Morgan fingerprint density at radius 1 is 1.52 bits per heavy atom. The van der Waals surface area contributed by atoms with Crippen molar-refractivity contribution in [1.82, 2.24) is 16.2 Å². The smallest absolute Gasteiger partial charge is 0.270 e. The summed E-state index contributed by atoms with van der Waals surface area (Å²) in [5.74, 6) is -0.155. The highest BCUT2D eigenvalue weighted by molar-refractivity contribution is 7.80. The maximum atomic E-state index is 12.1. The largest absolute Gasteiger partial charge is 0.376 e. The number of ether oxygens (including phenoxy) is 1. The summed E-state index contributed by atoms with van der Waals surface area (Å²) in [5, 5.41) is 5.34. The Hall–Kier alpha value is -1.18. The average Bonchev–Trinajstić information content (AvgIpc) is 3.11. The standard InChI is InChI=1S/C14H21N3O2S2/c1-3-11-9(2)21-8-12(11)13(18)16-17-14(20)15-7-10-5-4-6-19-10/h8,10H,3-7H2,1-2H3,(H,16,18)(H2,15,17,20)/t10-/m1/s1. The number of thiophene rings is 1. The molecule has 0 bridgehead atoms. The summed E-state index contributed by atoms with van der Waals surface area (Å²) >= 11 is 6.73. The van der Waals surface area contributed by atoms with Crippen molar-refractivity contribution in [2.75, 3.05) is 13.2 Å². The molecule has 1 fully saturated rings. The number of hydrazine groups is 1. The van der Waals surface area contributed by atoms with Crippen LogP contribution in [0.3, 0.4) is 0 Å². The van der Waals surface area contributed by atoms with Crippen molar-refractivity contribution >= 4 is 34.6 Å². The van der Waals surface area contributed by atoms with Crippen molar-refractivity contribution in [2.45, 2.75) is 39.2 Å². The minimum absolute atomic E-state index is 0.155. The van der Waals surface area contributed by atoms with Crippen LogP contribution in [-0.2, 0) is 11.2 Å². The predicted molar refractivity (Wildman–Crippen MR) is 88.6 cm³/mol. The highest BCUT2D eigenvalue weighted by Crippen LogP contribution is 2.21. The van der Waals surface area contributed by atoms with E-state index in [1.807, 2.05) is 19.2 Å². The lowest BCUT2D eigenvalue weighted by atomic mass is 10.1. The first kappa shape index (κ1) is 16.2. The van der Waals surface area contributed by atoms with E-state index in [1.165, 1.54) is 4.88 Å². The number of carbonyl (C=O) groups is 1. The molecule has 1 atom stereocenters. The van der Waals surface area contributed by atoms with Crippen LogP contribution >= 0.6 is 23.6 Å². The highest BCUT2D eigenvalue weighted by atomic mass is 32.1. The molecule has 0 aliphatic carbocycles. The van der Waals surface area contributed by atoms with Crippen molar-refractivity contribution < 1.29 is 9.53 Å². The van der Waals surface area contributed by atoms with Crippen molar-refractivity contribution in [3.8, 4) is 0 Å². The van der Waals surface area contributed by atoms with Crippen LogP contribution in [0.1, 0.15) is 40.6 Å². The van der Waals surface area contributed by atoms with Gasteiger partial charge in [-0.15, -0.1) is 11.3 Å². The van der Waals surface area contributed by atoms with E-state index in [-0.39, 0.29) is 12.0 Å². The topological polar surface area (TPSA) is 62.4 Å². The summed E-state index contributed by atoms with van der Waals surface area (Å²) in [5.41, 5.74) is 7.18. The number of aryl methyl sites for hydroxylation is 1. The second kappa shape index (κ2) is 7.72. The van der Waals surface area contributed by atoms with Crippen LogP contribution in [0.15, 0.2) is 5.38 Å². The zero-order valence-corrected chi connectivity index (χ0v) is 14.0. The first-order chi connectivity index (χ1) is 10.1. The Morgan fingerprint density at radius 2 is 2.33 bits per heavy atom. The SMILES string of the molecule is CCc1c(C(=O)NNC(=S)NC[C@H]2CCCO2)csc1C. The zero-order chi connectivity index (χ0) is 15.2. The van der Waals surface area contributed by atoms with E-state index in [0.717, 1.165) is 37.0 Å². The Bertz CT molecular complexity index is 510. The van der Waals surface area contributed by atoms with E-state index in [9.17, 15) is 4.79 Å². The molecule has 1 aromatic rings. The van der Waals surface area contributed by atoms with E-state index in [4.69, 9.17) is 17.0 Å². The third-order valence-electron chi connectivity index (χ3n) is 3.51. The van der Waals surface area contributed by atoms with E-state index in [2.05, 4.69) is 16.2 Å².